The van der Waals surface area contributed by atoms with E-state index < -0.39 is 17.7 Å². The molecule has 12 nitrogen and oxygen atoms in total. The molecule has 2 aromatic carbocycles. The lowest BCUT2D eigenvalue weighted by Crippen LogP contribution is -2.47. The van der Waals surface area contributed by atoms with Gasteiger partial charge in [0.1, 0.15) is 18.5 Å². The highest BCUT2D eigenvalue weighted by Crippen LogP contribution is 2.43. The van der Waals surface area contributed by atoms with Crippen LogP contribution in [-0.2, 0) is 15.1 Å². The second kappa shape index (κ2) is 11.8. The third kappa shape index (κ3) is 6.28. The van der Waals surface area contributed by atoms with Crippen LogP contribution in [0.4, 0.5) is 4.79 Å². The van der Waals surface area contributed by atoms with Crippen molar-refractivity contribution in [2.45, 2.75) is 83.0 Å². The predicted molar refractivity (Wildman–Crippen MR) is 181 cm³/mol. The summed E-state index contributed by atoms with van der Waals surface area (Å²) in [6, 6.07) is 12.8. The molecule has 48 heavy (non-hydrogen) atoms. The summed E-state index contributed by atoms with van der Waals surface area (Å²) >= 11 is 6.57. The second-order valence-corrected chi connectivity index (χ2v) is 15.1. The number of H-pyrrole nitrogens is 1. The van der Waals surface area contributed by atoms with Crippen LogP contribution < -0.4 is 10.6 Å². The van der Waals surface area contributed by atoms with E-state index in [1.807, 2.05) is 42.1 Å². The zero-order valence-corrected chi connectivity index (χ0v) is 28.3. The van der Waals surface area contributed by atoms with Gasteiger partial charge in [-0.15, -0.1) is 0 Å². The molecule has 0 spiro atoms. The van der Waals surface area contributed by atoms with Gasteiger partial charge in [-0.2, -0.15) is 10.2 Å². The van der Waals surface area contributed by atoms with Gasteiger partial charge in [-0.1, -0.05) is 62.7 Å². The number of nitrogens with one attached hydrogen (secondary N) is 4. The lowest BCUT2D eigenvalue weighted by Gasteiger charge is -2.35. The van der Waals surface area contributed by atoms with E-state index in [0.29, 0.717) is 34.4 Å². The molecule has 0 bridgehead atoms. The molecule has 3 aliphatic rings. The first-order valence-electron chi connectivity index (χ1n) is 16.3. The van der Waals surface area contributed by atoms with Crippen LogP contribution >= 0.6 is 11.6 Å². The number of amides is 2. The van der Waals surface area contributed by atoms with Crippen LogP contribution in [0.15, 0.2) is 61.2 Å². The van der Waals surface area contributed by atoms with Crippen molar-refractivity contribution < 1.29 is 14.3 Å². The molecule has 1 aliphatic heterocycles. The first kappa shape index (κ1) is 31.9. The van der Waals surface area contributed by atoms with Crippen LogP contribution in [0.25, 0.3) is 22.5 Å². The summed E-state index contributed by atoms with van der Waals surface area (Å²) in [5.41, 5.74) is 2.11. The Kier molecular flexibility index (Phi) is 7.81. The molecule has 2 atom stereocenters. The zero-order valence-electron chi connectivity index (χ0n) is 27.5. The average molecular weight is 670 g/mol. The summed E-state index contributed by atoms with van der Waals surface area (Å²) in [6.07, 6.45) is 9.22. The van der Waals surface area contributed by atoms with E-state index in [1.165, 1.54) is 11.2 Å². The number of benzene rings is 2. The minimum atomic E-state index is -1.24. The number of alkyl carbamates (subject to hydrolysis) is 1. The van der Waals surface area contributed by atoms with Gasteiger partial charge in [0, 0.05) is 22.9 Å². The van der Waals surface area contributed by atoms with E-state index in [-0.39, 0.29) is 29.4 Å². The van der Waals surface area contributed by atoms with E-state index in [0.717, 1.165) is 42.4 Å². The largest absolute Gasteiger partial charge is 0.447 e. The van der Waals surface area contributed by atoms with Gasteiger partial charge in [-0.05, 0) is 73.3 Å². The maximum Gasteiger partial charge on any atom is 0.407 e. The number of ether oxygens (including phenoxy) is 1. The molecule has 0 unspecified atom stereocenters. The van der Waals surface area contributed by atoms with Crippen molar-refractivity contribution in [1.29, 1.82) is 5.41 Å². The standard InChI is InChI=1S/C35H40ClN9O3/c1-33(2,3)19-35(24-8-5-21(6-9-24)23-16-40-44(17-23)25-10-11-25)30(46)45(31(37)41-35)28(18-48-32(47)42-34(4)13-14-34)22-7-12-27(36)26(15-22)29-38-20-39-43-29/h5-9,12,15-17,20,25,28H,10-11,13-14,18-19H2,1-4H3,(H2,37,41)(H,42,47)(H,38,39,43)/t28-,35-/m1/s1. The number of hydrogen-bond donors (Lipinski definition) is 4. The van der Waals surface area contributed by atoms with Crippen molar-refractivity contribution in [2.75, 3.05) is 6.61 Å². The lowest BCUT2D eigenvalue weighted by molar-refractivity contribution is -0.134. The number of rotatable bonds is 10. The summed E-state index contributed by atoms with van der Waals surface area (Å²) < 4.78 is 7.78. The molecule has 2 saturated carbocycles. The van der Waals surface area contributed by atoms with Crippen molar-refractivity contribution in [1.82, 2.24) is 40.5 Å². The third-order valence-corrected chi connectivity index (χ3v) is 9.65. The number of nitrogens with zero attached hydrogens (tertiary/aromatic N) is 5. The number of halogens is 1. The summed E-state index contributed by atoms with van der Waals surface area (Å²) in [7, 11) is 0. The average Bonchev–Trinajstić information content (AvgIpc) is 3.84. The number of carbonyl (C=O) groups excluding carboxylic acids is 2. The van der Waals surface area contributed by atoms with E-state index in [9.17, 15) is 15.0 Å². The Morgan fingerprint density at radius 3 is 2.56 bits per heavy atom. The van der Waals surface area contributed by atoms with Crippen molar-refractivity contribution in [3.8, 4) is 22.5 Å². The van der Waals surface area contributed by atoms with Gasteiger partial charge in [0.25, 0.3) is 5.91 Å². The highest BCUT2D eigenvalue weighted by Gasteiger charge is 2.54. The molecular formula is C35H40ClN9O3. The normalized spacial score (nSPS) is 20.8. The van der Waals surface area contributed by atoms with Gasteiger partial charge in [-0.25, -0.2) is 9.78 Å². The summed E-state index contributed by atoms with van der Waals surface area (Å²) in [5.74, 6) is 0.0566. The van der Waals surface area contributed by atoms with E-state index in [4.69, 9.17) is 16.3 Å². The molecular weight excluding hydrogens is 630 g/mol. The molecule has 2 amide bonds. The van der Waals surface area contributed by atoms with Crippen LogP contribution in [0.5, 0.6) is 0 Å². The predicted octanol–water partition coefficient (Wildman–Crippen LogP) is 6.34. The van der Waals surface area contributed by atoms with Crippen LogP contribution in [0, 0.1) is 10.8 Å². The third-order valence-electron chi connectivity index (χ3n) is 9.32. The molecule has 1 saturated heterocycles. The quantitative estimate of drug-likeness (QED) is 0.154. The molecule has 7 rings (SSSR count). The van der Waals surface area contributed by atoms with Crippen LogP contribution in [0.3, 0.4) is 0 Å². The topological polar surface area (TPSA) is 154 Å². The zero-order chi connectivity index (χ0) is 33.8. The number of guanidine groups is 1. The summed E-state index contributed by atoms with van der Waals surface area (Å²) in [4.78, 5) is 33.5. The second-order valence-electron chi connectivity index (χ2n) is 14.7. The molecule has 250 valence electrons. The van der Waals surface area contributed by atoms with Crippen molar-refractivity contribution >= 4 is 29.6 Å². The molecule has 13 heteroatoms. The minimum Gasteiger partial charge on any atom is -0.447 e. The lowest BCUT2D eigenvalue weighted by atomic mass is 9.75. The fraction of sp³-hybridized carbons (Fsp3) is 0.429. The SMILES string of the molecule is CC(C)(C)C[C@]1(c2ccc(-c3cnn(C4CC4)c3)cc2)NC(=N)N([C@H](COC(=O)NC2(C)CC2)c2ccc(Cl)c(-c3ncn[nH]3)c2)C1=O. The fourth-order valence-corrected chi connectivity index (χ4v) is 6.65. The molecule has 4 aromatic rings. The number of aromatic amines is 1. The van der Waals surface area contributed by atoms with Crippen molar-refractivity contribution in [3.05, 3.63) is 77.3 Å². The van der Waals surface area contributed by atoms with Crippen LogP contribution in [0.2, 0.25) is 5.02 Å². The number of aromatic nitrogens is 5. The van der Waals surface area contributed by atoms with E-state index in [1.54, 1.807) is 18.2 Å². The summed E-state index contributed by atoms with van der Waals surface area (Å²) in [5, 5.41) is 27.2. The number of hydrogen-bond acceptors (Lipinski definition) is 7. The minimum absolute atomic E-state index is 0.0848. The summed E-state index contributed by atoms with van der Waals surface area (Å²) in [6.45, 7) is 7.99. The first-order chi connectivity index (χ1) is 22.8. The Labute approximate surface area is 284 Å². The monoisotopic (exact) mass is 669 g/mol. The molecule has 3 heterocycles. The molecule has 3 fully saturated rings. The van der Waals surface area contributed by atoms with E-state index in [2.05, 4.69) is 57.9 Å². The van der Waals surface area contributed by atoms with Gasteiger partial charge >= 0.3 is 6.09 Å². The van der Waals surface area contributed by atoms with Crippen LogP contribution in [-0.4, -0.2) is 60.0 Å². The van der Waals surface area contributed by atoms with Gasteiger partial charge in [-0.3, -0.25) is 24.9 Å². The molecule has 4 N–H and O–H groups in total. The molecule has 2 aliphatic carbocycles. The maximum absolute atomic E-state index is 14.9. The van der Waals surface area contributed by atoms with Gasteiger partial charge in [0.2, 0.25) is 0 Å². The van der Waals surface area contributed by atoms with E-state index >= 15 is 0 Å². The number of carbonyl (C=O) groups is 2. The fourth-order valence-electron chi connectivity index (χ4n) is 6.44. The Hall–Kier alpha value is -4.71. The Morgan fingerprint density at radius 1 is 1.17 bits per heavy atom. The smallest absolute Gasteiger partial charge is 0.407 e. The van der Waals surface area contributed by atoms with Crippen molar-refractivity contribution in [3.63, 3.8) is 0 Å². The highest BCUT2D eigenvalue weighted by atomic mass is 35.5. The molecule has 0 radical (unpaired) electrons. The van der Waals surface area contributed by atoms with Gasteiger partial charge in [0.05, 0.1) is 23.3 Å². The Morgan fingerprint density at radius 2 is 1.92 bits per heavy atom. The van der Waals surface area contributed by atoms with Crippen LogP contribution in [0.1, 0.15) is 83.0 Å². The first-order valence-corrected chi connectivity index (χ1v) is 16.7. The van der Waals surface area contributed by atoms with Crippen molar-refractivity contribution in [2.24, 2.45) is 5.41 Å². The highest BCUT2D eigenvalue weighted by molar-refractivity contribution is 6.33. The van der Waals surface area contributed by atoms with Gasteiger partial charge < -0.3 is 15.4 Å². The van der Waals surface area contributed by atoms with Gasteiger partial charge in [0.15, 0.2) is 11.8 Å². The maximum atomic E-state index is 14.9. The Balaban J connectivity index is 1.24. The molecule has 2 aromatic heterocycles. The Bertz CT molecular complexity index is 1860.